The van der Waals surface area contributed by atoms with Gasteiger partial charge in [0, 0.05) is 32.1 Å². The molecule has 2 rings (SSSR count). The minimum Gasteiger partial charge on any atom is -0.378 e. The van der Waals surface area contributed by atoms with Gasteiger partial charge < -0.3 is 15.4 Å². The van der Waals surface area contributed by atoms with Crippen LogP contribution in [0.25, 0.3) is 0 Å². The first-order valence-electron chi connectivity index (χ1n) is 6.32. The zero-order chi connectivity index (χ0) is 13.0. The summed E-state index contributed by atoms with van der Waals surface area (Å²) in [4.78, 5) is 17.5. The third-order valence-corrected chi connectivity index (χ3v) is 3.25. The molecule has 5 heteroatoms. The van der Waals surface area contributed by atoms with Crippen molar-refractivity contribution in [2.45, 2.75) is 25.9 Å². The van der Waals surface area contributed by atoms with Crippen LogP contribution in [0.5, 0.6) is 0 Å². The highest BCUT2D eigenvalue weighted by Gasteiger charge is 2.22. The minimum absolute atomic E-state index is 0.338. The van der Waals surface area contributed by atoms with Gasteiger partial charge in [0.2, 0.25) is 0 Å². The first-order valence-corrected chi connectivity index (χ1v) is 6.32. The van der Waals surface area contributed by atoms with E-state index in [4.69, 9.17) is 10.5 Å². The highest BCUT2D eigenvalue weighted by atomic mass is 16.5. The SMILES string of the molecule is CCOC1CCN(c2ccncc2C(N)=O)CC1. The number of hydrogen-bond donors (Lipinski definition) is 1. The molecule has 18 heavy (non-hydrogen) atoms. The van der Waals surface area contributed by atoms with Crippen LogP contribution < -0.4 is 10.6 Å². The van der Waals surface area contributed by atoms with Crippen LogP contribution in [0.3, 0.4) is 0 Å². The molecule has 1 amide bonds. The van der Waals surface area contributed by atoms with Crippen molar-refractivity contribution in [3.05, 3.63) is 24.0 Å². The molecule has 0 bridgehead atoms. The van der Waals surface area contributed by atoms with Gasteiger partial charge in [-0.05, 0) is 25.8 Å². The molecule has 5 nitrogen and oxygen atoms in total. The highest BCUT2D eigenvalue weighted by molar-refractivity contribution is 5.98. The number of pyridine rings is 1. The molecule has 1 aliphatic heterocycles. The van der Waals surface area contributed by atoms with E-state index in [1.54, 1.807) is 6.20 Å². The molecule has 2 heterocycles. The second-order valence-corrected chi connectivity index (χ2v) is 4.40. The van der Waals surface area contributed by atoms with E-state index in [1.807, 2.05) is 13.0 Å². The minimum atomic E-state index is -0.426. The maximum absolute atomic E-state index is 11.4. The van der Waals surface area contributed by atoms with Gasteiger partial charge in [-0.25, -0.2) is 0 Å². The number of amides is 1. The van der Waals surface area contributed by atoms with E-state index in [1.165, 1.54) is 6.20 Å². The van der Waals surface area contributed by atoms with E-state index >= 15 is 0 Å². The molecule has 1 aliphatic rings. The Kier molecular flexibility index (Phi) is 4.15. The predicted octanol–water partition coefficient (Wildman–Crippen LogP) is 1.19. The Labute approximate surface area is 107 Å². The van der Waals surface area contributed by atoms with Gasteiger partial charge >= 0.3 is 0 Å². The Morgan fingerprint density at radius 2 is 2.28 bits per heavy atom. The molecule has 1 saturated heterocycles. The van der Waals surface area contributed by atoms with Crippen LogP contribution in [0.2, 0.25) is 0 Å². The summed E-state index contributed by atoms with van der Waals surface area (Å²) in [6.45, 7) is 4.54. The number of nitrogens with two attached hydrogens (primary N) is 1. The van der Waals surface area contributed by atoms with Gasteiger partial charge in [-0.2, -0.15) is 0 Å². The zero-order valence-electron chi connectivity index (χ0n) is 10.6. The fraction of sp³-hybridized carbons (Fsp3) is 0.538. The fourth-order valence-electron chi connectivity index (χ4n) is 2.35. The lowest BCUT2D eigenvalue weighted by molar-refractivity contribution is 0.0459. The Morgan fingerprint density at radius 1 is 1.56 bits per heavy atom. The van der Waals surface area contributed by atoms with Crippen LogP contribution in [-0.4, -0.2) is 36.7 Å². The maximum Gasteiger partial charge on any atom is 0.252 e. The predicted molar refractivity (Wildman–Crippen MR) is 69.6 cm³/mol. The summed E-state index contributed by atoms with van der Waals surface area (Å²) in [6.07, 6.45) is 5.52. The molecule has 1 aromatic rings. The van der Waals surface area contributed by atoms with Crippen LogP contribution in [0.15, 0.2) is 18.5 Å². The van der Waals surface area contributed by atoms with E-state index < -0.39 is 5.91 Å². The van der Waals surface area contributed by atoms with Gasteiger partial charge in [-0.1, -0.05) is 0 Å². The van der Waals surface area contributed by atoms with Gasteiger partial charge in [0.15, 0.2) is 0 Å². The monoisotopic (exact) mass is 249 g/mol. The third-order valence-electron chi connectivity index (χ3n) is 3.25. The summed E-state index contributed by atoms with van der Waals surface area (Å²) in [5.41, 5.74) is 6.74. The number of piperidine rings is 1. The zero-order valence-corrected chi connectivity index (χ0v) is 10.6. The summed E-state index contributed by atoms with van der Waals surface area (Å²) >= 11 is 0. The van der Waals surface area contributed by atoms with E-state index in [-0.39, 0.29) is 0 Å². The molecule has 0 aromatic carbocycles. The summed E-state index contributed by atoms with van der Waals surface area (Å²) in [6, 6.07) is 1.85. The topological polar surface area (TPSA) is 68.4 Å². The number of ether oxygens (including phenoxy) is 1. The Morgan fingerprint density at radius 3 is 2.89 bits per heavy atom. The lowest BCUT2D eigenvalue weighted by Gasteiger charge is -2.34. The Balaban J connectivity index is 2.07. The molecule has 0 atom stereocenters. The molecular weight excluding hydrogens is 230 g/mol. The number of hydrogen-bond acceptors (Lipinski definition) is 4. The normalized spacial score (nSPS) is 16.8. The molecule has 0 unspecified atom stereocenters. The summed E-state index contributed by atoms with van der Waals surface area (Å²) in [7, 11) is 0. The number of primary amides is 1. The molecule has 1 aromatic heterocycles. The van der Waals surface area contributed by atoms with E-state index in [9.17, 15) is 4.79 Å². The third kappa shape index (κ3) is 2.79. The Bertz CT molecular complexity index is 414. The molecule has 0 spiro atoms. The smallest absolute Gasteiger partial charge is 0.252 e. The number of nitrogens with zero attached hydrogens (tertiary/aromatic N) is 2. The van der Waals surface area contributed by atoms with Gasteiger partial charge in [0.25, 0.3) is 5.91 Å². The van der Waals surface area contributed by atoms with E-state index in [2.05, 4.69) is 9.88 Å². The van der Waals surface area contributed by atoms with Crippen molar-refractivity contribution in [3.63, 3.8) is 0 Å². The first-order chi connectivity index (χ1) is 8.72. The highest BCUT2D eigenvalue weighted by Crippen LogP contribution is 2.24. The van der Waals surface area contributed by atoms with Crippen molar-refractivity contribution in [2.24, 2.45) is 5.73 Å². The van der Waals surface area contributed by atoms with Crippen LogP contribution in [0.4, 0.5) is 5.69 Å². The molecule has 0 saturated carbocycles. The van der Waals surface area contributed by atoms with Gasteiger partial charge in [-0.15, -0.1) is 0 Å². The number of carbonyl (C=O) groups excluding carboxylic acids is 1. The summed E-state index contributed by atoms with van der Waals surface area (Å²) < 4.78 is 5.61. The quantitative estimate of drug-likeness (QED) is 0.870. The lowest BCUT2D eigenvalue weighted by atomic mass is 10.1. The molecule has 0 radical (unpaired) electrons. The largest absolute Gasteiger partial charge is 0.378 e. The average Bonchev–Trinajstić information content (AvgIpc) is 2.40. The standard InChI is InChI=1S/C13H19N3O2/c1-2-18-10-4-7-16(8-5-10)12-3-6-15-9-11(12)13(14)17/h3,6,9-10H,2,4-5,7-8H2,1H3,(H2,14,17). The molecule has 0 aliphatic carbocycles. The van der Waals surface area contributed by atoms with Crippen molar-refractivity contribution < 1.29 is 9.53 Å². The summed E-state index contributed by atoms with van der Waals surface area (Å²) in [5.74, 6) is -0.426. The second kappa shape index (κ2) is 5.82. The lowest BCUT2D eigenvalue weighted by Crippen LogP contribution is -2.38. The number of anilines is 1. The number of carbonyl (C=O) groups is 1. The van der Waals surface area contributed by atoms with Gasteiger partial charge in [0.05, 0.1) is 17.4 Å². The molecule has 1 fully saturated rings. The van der Waals surface area contributed by atoms with E-state index in [0.29, 0.717) is 11.7 Å². The van der Waals surface area contributed by atoms with Gasteiger partial charge in [-0.3, -0.25) is 9.78 Å². The first kappa shape index (κ1) is 12.8. The van der Waals surface area contributed by atoms with Crippen LogP contribution >= 0.6 is 0 Å². The van der Waals surface area contributed by atoms with Crippen molar-refractivity contribution in [2.75, 3.05) is 24.6 Å². The van der Waals surface area contributed by atoms with Crippen LogP contribution in [0, 0.1) is 0 Å². The van der Waals surface area contributed by atoms with Gasteiger partial charge in [0.1, 0.15) is 0 Å². The van der Waals surface area contributed by atoms with Crippen molar-refractivity contribution in [3.8, 4) is 0 Å². The molecule has 2 N–H and O–H groups in total. The van der Waals surface area contributed by atoms with Crippen molar-refractivity contribution in [1.82, 2.24) is 4.98 Å². The second-order valence-electron chi connectivity index (χ2n) is 4.40. The fourth-order valence-corrected chi connectivity index (χ4v) is 2.35. The number of rotatable bonds is 4. The number of aromatic nitrogens is 1. The van der Waals surface area contributed by atoms with Crippen molar-refractivity contribution >= 4 is 11.6 Å². The van der Waals surface area contributed by atoms with Crippen molar-refractivity contribution in [1.29, 1.82) is 0 Å². The summed E-state index contributed by atoms with van der Waals surface area (Å²) in [5, 5.41) is 0. The van der Waals surface area contributed by atoms with Crippen LogP contribution in [-0.2, 0) is 4.74 Å². The maximum atomic E-state index is 11.4. The van der Waals surface area contributed by atoms with E-state index in [0.717, 1.165) is 38.2 Å². The van der Waals surface area contributed by atoms with Crippen LogP contribution in [0.1, 0.15) is 30.1 Å². The Hall–Kier alpha value is -1.62. The molecular formula is C13H19N3O2. The average molecular weight is 249 g/mol. The molecule has 98 valence electrons.